The first-order chi connectivity index (χ1) is 6.15. The summed E-state index contributed by atoms with van der Waals surface area (Å²) in [4.78, 5) is 2.18. The van der Waals surface area contributed by atoms with Crippen molar-refractivity contribution in [1.29, 1.82) is 0 Å². The van der Waals surface area contributed by atoms with Crippen molar-refractivity contribution in [2.75, 3.05) is 12.5 Å². The van der Waals surface area contributed by atoms with Crippen molar-refractivity contribution in [3.63, 3.8) is 0 Å². The fraction of sp³-hybridized carbons (Fsp3) is 0.714. The van der Waals surface area contributed by atoms with Gasteiger partial charge in [-0.05, 0) is 20.9 Å². The summed E-state index contributed by atoms with van der Waals surface area (Å²) in [6, 6.07) is 0.493. The molecule has 0 aliphatic heterocycles. The molecule has 74 valence electrons. The fourth-order valence-corrected chi connectivity index (χ4v) is 1.32. The molecule has 0 spiro atoms. The maximum Gasteiger partial charge on any atom is 0.148 e. The quantitative estimate of drug-likeness (QED) is 0.553. The van der Waals surface area contributed by atoms with E-state index in [4.69, 9.17) is 5.84 Å². The van der Waals surface area contributed by atoms with Crippen LogP contribution in [0.15, 0.2) is 0 Å². The number of hydrazine groups is 1. The summed E-state index contributed by atoms with van der Waals surface area (Å²) in [6.07, 6.45) is 0. The lowest BCUT2D eigenvalue weighted by atomic mass is 10.3. The van der Waals surface area contributed by atoms with Crippen LogP contribution in [0.3, 0.4) is 0 Å². The van der Waals surface area contributed by atoms with Crippen LogP contribution in [0.2, 0.25) is 0 Å². The molecule has 5 nitrogen and oxygen atoms in total. The van der Waals surface area contributed by atoms with E-state index in [-0.39, 0.29) is 0 Å². The zero-order valence-electron chi connectivity index (χ0n) is 8.11. The van der Waals surface area contributed by atoms with E-state index in [1.807, 2.05) is 7.05 Å². The minimum Gasteiger partial charge on any atom is -0.313 e. The van der Waals surface area contributed by atoms with Crippen LogP contribution in [-0.2, 0) is 6.54 Å². The van der Waals surface area contributed by atoms with Gasteiger partial charge in [0.15, 0.2) is 0 Å². The van der Waals surface area contributed by atoms with Crippen LogP contribution in [0.1, 0.15) is 19.5 Å². The summed E-state index contributed by atoms with van der Waals surface area (Å²) in [5.74, 6) is 5.31. The van der Waals surface area contributed by atoms with Crippen molar-refractivity contribution < 1.29 is 0 Å². The number of anilines is 1. The lowest BCUT2D eigenvalue weighted by Crippen LogP contribution is -2.26. The SMILES string of the molecule is CC(C)N(C)Cc1nnsc1NN. The number of hydrogen-bond donors (Lipinski definition) is 2. The molecule has 0 saturated carbocycles. The normalized spacial score (nSPS) is 11.2. The van der Waals surface area contributed by atoms with E-state index in [1.165, 1.54) is 11.5 Å². The second-order valence-corrected chi connectivity index (χ2v) is 3.96. The van der Waals surface area contributed by atoms with E-state index >= 15 is 0 Å². The summed E-state index contributed by atoms with van der Waals surface area (Å²) in [7, 11) is 2.05. The van der Waals surface area contributed by atoms with Crippen LogP contribution in [-0.4, -0.2) is 27.6 Å². The molecule has 1 aromatic heterocycles. The van der Waals surface area contributed by atoms with Crippen LogP contribution >= 0.6 is 11.5 Å². The van der Waals surface area contributed by atoms with Crippen LogP contribution in [0, 0.1) is 0 Å². The maximum atomic E-state index is 5.31. The van der Waals surface area contributed by atoms with Crippen molar-refractivity contribution in [2.45, 2.75) is 26.4 Å². The van der Waals surface area contributed by atoms with Gasteiger partial charge in [0.05, 0.1) is 0 Å². The average Bonchev–Trinajstić information content (AvgIpc) is 2.51. The van der Waals surface area contributed by atoms with Gasteiger partial charge in [0.1, 0.15) is 10.7 Å². The minimum absolute atomic E-state index is 0.493. The highest BCUT2D eigenvalue weighted by atomic mass is 32.1. The fourth-order valence-electron chi connectivity index (χ4n) is 0.841. The van der Waals surface area contributed by atoms with Gasteiger partial charge in [0, 0.05) is 24.1 Å². The third-order valence-electron chi connectivity index (χ3n) is 1.97. The first-order valence-corrected chi connectivity index (χ1v) is 4.90. The van der Waals surface area contributed by atoms with Gasteiger partial charge in [-0.2, -0.15) is 0 Å². The molecular formula is C7H15N5S. The number of hydrogen-bond acceptors (Lipinski definition) is 6. The molecule has 0 bridgehead atoms. The molecule has 0 saturated heterocycles. The Balaban J connectivity index is 2.62. The van der Waals surface area contributed by atoms with Gasteiger partial charge >= 0.3 is 0 Å². The van der Waals surface area contributed by atoms with Gasteiger partial charge in [0.25, 0.3) is 0 Å². The molecule has 0 aliphatic carbocycles. The third-order valence-corrected chi connectivity index (χ3v) is 2.67. The molecule has 3 N–H and O–H groups in total. The summed E-state index contributed by atoms with van der Waals surface area (Å²) in [6.45, 7) is 5.04. The number of aromatic nitrogens is 2. The van der Waals surface area contributed by atoms with E-state index in [0.717, 1.165) is 17.2 Å². The van der Waals surface area contributed by atoms with Crippen LogP contribution < -0.4 is 11.3 Å². The van der Waals surface area contributed by atoms with Crippen LogP contribution in [0.5, 0.6) is 0 Å². The van der Waals surface area contributed by atoms with Crippen molar-refractivity contribution in [2.24, 2.45) is 5.84 Å². The maximum absolute atomic E-state index is 5.31. The van der Waals surface area contributed by atoms with Crippen molar-refractivity contribution in [3.05, 3.63) is 5.69 Å². The van der Waals surface area contributed by atoms with Gasteiger partial charge in [-0.1, -0.05) is 4.49 Å². The summed E-state index contributed by atoms with van der Waals surface area (Å²) in [5, 5.41) is 4.83. The molecule has 0 amide bonds. The zero-order valence-corrected chi connectivity index (χ0v) is 8.93. The van der Waals surface area contributed by atoms with Gasteiger partial charge < -0.3 is 5.43 Å². The number of rotatable bonds is 4. The smallest absolute Gasteiger partial charge is 0.148 e. The highest BCUT2D eigenvalue weighted by Crippen LogP contribution is 2.17. The predicted molar refractivity (Wildman–Crippen MR) is 54.3 cm³/mol. The highest BCUT2D eigenvalue weighted by molar-refractivity contribution is 7.10. The number of nitrogens with two attached hydrogens (primary N) is 1. The number of nitrogens with zero attached hydrogens (tertiary/aromatic N) is 3. The Bertz CT molecular complexity index is 259. The van der Waals surface area contributed by atoms with E-state index < -0.39 is 0 Å². The predicted octanol–water partition coefficient (Wildman–Crippen LogP) is 0.664. The van der Waals surface area contributed by atoms with E-state index in [1.54, 1.807) is 0 Å². The lowest BCUT2D eigenvalue weighted by molar-refractivity contribution is 0.263. The highest BCUT2D eigenvalue weighted by Gasteiger charge is 2.10. The average molecular weight is 201 g/mol. The molecule has 1 heterocycles. The van der Waals surface area contributed by atoms with E-state index in [2.05, 4.69) is 33.8 Å². The molecule has 6 heteroatoms. The molecule has 1 aromatic rings. The number of nitrogen functional groups attached to an aromatic ring is 1. The van der Waals surface area contributed by atoms with Crippen molar-refractivity contribution >= 4 is 16.5 Å². The van der Waals surface area contributed by atoms with Gasteiger partial charge in [0.2, 0.25) is 0 Å². The Morgan fingerprint density at radius 1 is 1.62 bits per heavy atom. The molecule has 0 fully saturated rings. The second-order valence-electron chi connectivity index (χ2n) is 3.20. The first-order valence-electron chi connectivity index (χ1n) is 4.13. The molecule has 0 unspecified atom stereocenters. The summed E-state index contributed by atoms with van der Waals surface area (Å²) >= 11 is 1.28. The number of nitrogens with one attached hydrogen (secondary N) is 1. The van der Waals surface area contributed by atoms with Gasteiger partial charge in [-0.15, -0.1) is 5.10 Å². The molecule has 1 rings (SSSR count). The summed E-state index contributed by atoms with van der Waals surface area (Å²) < 4.78 is 3.83. The Kier molecular flexibility index (Phi) is 3.58. The van der Waals surface area contributed by atoms with Gasteiger partial charge in [-0.3, -0.25) is 4.90 Å². The summed E-state index contributed by atoms with van der Waals surface area (Å²) in [5.41, 5.74) is 3.49. The molecule has 0 aliphatic rings. The van der Waals surface area contributed by atoms with Gasteiger partial charge in [-0.25, -0.2) is 5.84 Å². The molecule has 0 atom stereocenters. The largest absolute Gasteiger partial charge is 0.313 e. The molecule has 0 radical (unpaired) electrons. The monoisotopic (exact) mass is 201 g/mol. The lowest BCUT2D eigenvalue weighted by Gasteiger charge is -2.19. The Labute approximate surface area is 82.1 Å². The Morgan fingerprint density at radius 2 is 2.31 bits per heavy atom. The zero-order chi connectivity index (χ0) is 9.84. The topological polar surface area (TPSA) is 67.1 Å². The van der Waals surface area contributed by atoms with Crippen molar-refractivity contribution in [1.82, 2.24) is 14.5 Å². The third kappa shape index (κ3) is 2.61. The second kappa shape index (κ2) is 4.50. The molecular weight excluding hydrogens is 186 g/mol. The molecule has 13 heavy (non-hydrogen) atoms. The standard InChI is InChI=1S/C7H15N5S/c1-5(2)12(3)4-6-7(9-8)13-11-10-6/h5,9H,4,8H2,1-3H3. The molecule has 0 aromatic carbocycles. The Morgan fingerprint density at radius 3 is 2.85 bits per heavy atom. The van der Waals surface area contributed by atoms with E-state index in [9.17, 15) is 0 Å². The van der Waals surface area contributed by atoms with Crippen molar-refractivity contribution in [3.8, 4) is 0 Å². The van der Waals surface area contributed by atoms with Crippen LogP contribution in [0.25, 0.3) is 0 Å². The minimum atomic E-state index is 0.493. The van der Waals surface area contributed by atoms with E-state index in [0.29, 0.717) is 6.04 Å². The first kappa shape index (κ1) is 10.4. The van der Waals surface area contributed by atoms with Crippen LogP contribution in [0.4, 0.5) is 5.00 Å². The Hall–Kier alpha value is -0.720.